The van der Waals surface area contributed by atoms with Gasteiger partial charge >= 0.3 is 5.69 Å². The van der Waals surface area contributed by atoms with Gasteiger partial charge in [0.05, 0.1) is 11.0 Å². The highest BCUT2D eigenvalue weighted by Crippen LogP contribution is 2.31. The third kappa shape index (κ3) is 2.57. The van der Waals surface area contributed by atoms with E-state index < -0.39 is 0 Å². The maximum absolute atomic E-state index is 13.0. The van der Waals surface area contributed by atoms with E-state index in [-0.39, 0.29) is 16.9 Å². The van der Waals surface area contributed by atoms with Crippen LogP contribution in [0.4, 0.5) is 0 Å². The van der Waals surface area contributed by atoms with Gasteiger partial charge in [-0.25, -0.2) is 9.78 Å². The fourth-order valence-electron chi connectivity index (χ4n) is 4.26. The Kier molecular flexibility index (Phi) is 4.01. The highest BCUT2D eigenvalue weighted by atomic mass is 35.5. The summed E-state index contributed by atoms with van der Waals surface area (Å²) in [5.41, 5.74) is 4.01. The molecule has 0 atom stereocenters. The number of aryl methyl sites for hydroxylation is 2. The number of benzene rings is 1. The third-order valence-corrected chi connectivity index (χ3v) is 5.99. The molecule has 8 heteroatoms. The van der Waals surface area contributed by atoms with E-state index in [1.165, 1.54) is 6.42 Å². The first-order valence-corrected chi connectivity index (χ1v) is 10.0. The van der Waals surface area contributed by atoms with Crippen LogP contribution in [-0.2, 0) is 7.05 Å². The molecule has 1 aliphatic carbocycles. The quantitative estimate of drug-likeness (QED) is 0.481. The van der Waals surface area contributed by atoms with Crippen LogP contribution in [0.15, 0.2) is 29.3 Å². The summed E-state index contributed by atoms with van der Waals surface area (Å²) in [7, 11) is 1.73. The van der Waals surface area contributed by atoms with E-state index in [0.29, 0.717) is 17.1 Å². The van der Waals surface area contributed by atoms with Gasteiger partial charge < -0.3 is 0 Å². The van der Waals surface area contributed by atoms with Crippen LogP contribution in [0.2, 0.25) is 5.15 Å². The molecule has 0 bridgehead atoms. The Morgan fingerprint density at radius 3 is 2.71 bits per heavy atom. The van der Waals surface area contributed by atoms with Gasteiger partial charge in [-0.1, -0.05) is 36.9 Å². The minimum Gasteiger partial charge on any atom is -0.291 e. The summed E-state index contributed by atoms with van der Waals surface area (Å²) in [6.45, 7) is 2.03. The molecule has 1 aliphatic rings. The van der Waals surface area contributed by atoms with Crippen molar-refractivity contribution >= 4 is 33.8 Å². The van der Waals surface area contributed by atoms with E-state index in [4.69, 9.17) is 16.6 Å². The Bertz CT molecular complexity index is 1260. The van der Waals surface area contributed by atoms with Crippen molar-refractivity contribution in [3.63, 3.8) is 0 Å². The van der Waals surface area contributed by atoms with Gasteiger partial charge in [-0.05, 0) is 37.5 Å². The number of aromatic nitrogens is 6. The first kappa shape index (κ1) is 17.4. The summed E-state index contributed by atoms with van der Waals surface area (Å²) in [5.74, 6) is 0.431. The minimum atomic E-state index is -0.0819. The summed E-state index contributed by atoms with van der Waals surface area (Å²) >= 11 is 6.53. The van der Waals surface area contributed by atoms with Gasteiger partial charge in [0.25, 0.3) is 0 Å². The smallest absolute Gasteiger partial charge is 0.291 e. The van der Waals surface area contributed by atoms with Crippen molar-refractivity contribution in [2.24, 2.45) is 7.05 Å². The van der Waals surface area contributed by atoms with Gasteiger partial charge in [0.2, 0.25) is 5.95 Å². The van der Waals surface area contributed by atoms with E-state index >= 15 is 0 Å². The zero-order chi connectivity index (χ0) is 19.4. The molecule has 144 valence electrons. The first-order chi connectivity index (χ1) is 13.5. The summed E-state index contributed by atoms with van der Waals surface area (Å²) in [4.78, 5) is 26.7. The molecule has 4 aromatic rings. The van der Waals surface area contributed by atoms with Crippen LogP contribution in [0.5, 0.6) is 0 Å². The summed E-state index contributed by atoms with van der Waals surface area (Å²) < 4.78 is 5.21. The molecule has 0 N–H and O–H groups in total. The minimum absolute atomic E-state index is 0.0819. The Labute approximate surface area is 166 Å². The van der Waals surface area contributed by atoms with Crippen molar-refractivity contribution in [1.82, 2.24) is 28.7 Å². The third-order valence-electron chi connectivity index (χ3n) is 5.73. The molecule has 1 fully saturated rings. The van der Waals surface area contributed by atoms with E-state index in [2.05, 4.69) is 9.97 Å². The average molecular weight is 397 g/mol. The predicted molar refractivity (Wildman–Crippen MR) is 109 cm³/mol. The van der Waals surface area contributed by atoms with Gasteiger partial charge in [-0.2, -0.15) is 9.97 Å². The van der Waals surface area contributed by atoms with Gasteiger partial charge in [0, 0.05) is 13.1 Å². The number of fused-ring (bicyclic) bond motifs is 2. The Morgan fingerprint density at radius 2 is 1.93 bits per heavy atom. The van der Waals surface area contributed by atoms with Crippen LogP contribution in [0.25, 0.3) is 28.1 Å². The van der Waals surface area contributed by atoms with E-state index in [1.54, 1.807) is 17.9 Å². The van der Waals surface area contributed by atoms with Crippen LogP contribution in [-0.4, -0.2) is 28.7 Å². The highest BCUT2D eigenvalue weighted by molar-refractivity contribution is 6.33. The molecular weight excluding hydrogens is 376 g/mol. The summed E-state index contributed by atoms with van der Waals surface area (Å²) in [6.07, 6.45) is 7.16. The average Bonchev–Trinajstić information content (AvgIpc) is 3.21. The van der Waals surface area contributed by atoms with Crippen molar-refractivity contribution in [2.75, 3.05) is 0 Å². The van der Waals surface area contributed by atoms with Crippen LogP contribution in [0, 0.1) is 6.92 Å². The highest BCUT2D eigenvalue weighted by Gasteiger charge is 2.25. The van der Waals surface area contributed by atoms with E-state index in [1.807, 2.05) is 34.3 Å². The molecule has 3 aromatic heterocycles. The van der Waals surface area contributed by atoms with Gasteiger partial charge in [-0.15, -0.1) is 0 Å². The van der Waals surface area contributed by atoms with E-state index in [0.717, 1.165) is 42.3 Å². The van der Waals surface area contributed by atoms with Crippen LogP contribution in [0.3, 0.4) is 0 Å². The largest absolute Gasteiger partial charge is 0.330 e. The molecule has 0 amide bonds. The molecule has 1 aromatic carbocycles. The fraction of sp³-hybridized carbons (Fsp3) is 0.400. The molecule has 3 heterocycles. The number of imidazole rings is 2. The van der Waals surface area contributed by atoms with Gasteiger partial charge in [-0.3, -0.25) is 13.7 Å². The Hall–Kier alpha value is -2.67. The number of hydrogen-bond donors (Lipinski definition) is 0. The molecule has 7 nitrogen and oxygen atoms in total. The molecular formula is C20H21ClN6O. The van der Waals surface area contributed by atoms with Crippen LogP contribution >= 0.6 is 11.6 Å². The second kappa shape index (κ2) is 6.44. The SMILES string of the molecule is Cc1ccc2ncn(-c3nc(Cl)c4c(n3)n(C3CCCCC3)c(=O)n4C)c2c1. The van der Waals surface area contributed by atoms with Crippen molar-refractivity contribution in [3.05, 3.63) is 45.7 Å². The second-order valence-electron chi connectivity index (χ2n) is 7.60. The normalized spacial score (nSPS) is 15.7. The van der Waals surface area contributed by atoms with Crippen molar-refractivity contribution < 1.29 is 0 Å². The molecule has 0 spiro atoms. The van der Waals surface area contributed by atoms with Gasteiger partial charge in [0.15, 0.2) is 10.8 Å². The lowest BCUT2D eigenvalue weighted by molar-refractivity contribution is 0.350. The molecule has 0 saturated heterocycles. The topological polar surface area (TPSA) is 70.5 Å². The zero-order valence-electron chi connectivity index (χ0n) is 15.9. The lowest BCUT2D eigenvalue weighted by atomic mass is 9.95. The molecule has 28 heavy (non-hydrogen) atoms. The predicted octanol–water partition coefficient (Wildman–Crippen LogP) is 3.94. The monoisotopic (exact) mass is 396 g/mol. The molecule has 0 radical (unpaired) electrons. The number of rotatable bonds is 2. The number of hydrogen-bond acceptors (Lipinski definition) is 4. The number of halogens is 1. The van der Waals surface area contributed by atoms with Crippen molar-refractivity contribution in [2.45, 2.75) is 45.1 Å². The van der Waals surface area contributed by atoms with E-state index in [9.17, 15) is 4.79 Å². The molecule has 1 saturated carbocycles. The maximum Gasteiger partial charge on any atom is 0.330 e. The van der Waals surface area contributed by atoms with Gasteiger partial charge in [0.1, 0.15) is 11.8 Å². The fourth-order valence-corrected chi connectivity index (χ4v) is 4.55. The zero-order valence-corrected chi connectivity index (χ0v) is 16.6. The molecule has 0 aliphatic heterocycles. The molecule has 5 rings (SSSR count). The Morgan fingerprint density at radius 1 is 1.14 bits per heavy atom. The maximum atomic E-state index is 13.0. The van der Waals surface area contributed by atoms with Crippen molar-refractivity contribution in [3.8, 4) is 5.95 Å². The summed E-state index contributed by atoms with van der Waals surface area (Å²) in [6, 6.07) is 6.20. The first-order valence-electron chi connectivity index (χ1n) is 9.63. The van der Waals surface area contributed by atoms with Crippen LogP contribution in [0.1, 0.15) is 43.7 Å². The standard InChI is InChI=1S/C20H21ClN6O/c1-12-8-9-14-15(10-12)26(11-22-14)19-23-17(21)16-18(24-19)27(20(28)25(16)2)13-6-4-3-5-7-13/h8-11,13H,3-7H2,1-2H3. The van der Waals surface area contributed by atoms with Crippen LogP contribution < -0.4 is 5.69 Å². The lowest BCUT2D eigenvalue weighted by Gasteiger charge is -2.22. The summed E-state index contributed by atoms with van der Waals surface area (Å²) in [5, 5.41) is 0.281. The Balaban J connectivity index is 1.77. The lowest BCUT2D eigenvalue weighted by Crippen LogP contribution is -2.27. The van der Waals surface area contributed by atoms with Crippen molar-refractivity contribution in [1.29, 1.82) is 0 Å². The second-order valence-corrected chi connectivity index (χ2v) is 7.95. The molecule has 0 unspecified atom stereocenters. The number of nitrogens with zero attached hydrogens (tertiary/aromatic N) is 6.